The van der Waals surface area contributed by atoms with Crippen LogP contribution in [0.4, 0.5) is 15.9 Å². The van der Waals surface area contributed by atoms with Crippen molar-refractivity contribution in [1.82, 2.24) is 24.8 Å². The third-order valence-electron chi connectivity index (χ3n) is 5.46. The van der Waals surface area contributed by atoms with Crippen LogP contribution in [0.1, 0.15) is 12.8 Å². The van der Waals surface area contributed by atoms with E-state index in [1.54, 1.807) is 18.5 Å². The number of anilines is 2. The molecule has 3 heterocycles. The molecule has 2 N–H and O–H groups in total. The first-order valence-corrected chi connectivity index (χ1v) is 11.3. The van der Waals surface area contributed by atoms with Gasteiger partial charge in [-0.2, -0.15) is 0 Å². The summed E-state index contributed by atoms with van der Waals surface area (Å²) in [5.41, 5.74) is 1.37. The van der Waals surface area contributed by atoms with Gasteiger partial charge in [0, 0.05) is 31.2 Å². The van der Waals surface area contributed by atoms with Crippen molar-refractivity contribution < 1.29 is 9.13 Å². The molecular weight excluding hydrogens is 427 g/mol. The van der Waals surface area contributed by atoms with Crippen LogP contribution >= 0.6 is 11.8 Å². The molecule has 1 aliphatic rings. The third kappa shape index (κ3) is 4.53. The van der Waals surface area contributed by atoms with E-state index < -0.39 is 0 Å². The average Bonchev–Trinajstić information content (AvgIpc) is 3.31. The molecule has 9 heteroatoms. The van der Waals surface area contributed by atoms with Crippen molar-refractivity contribution in [3.8, 4) is 5.75 Å². The van der Waals surface area contributed by atoms with Crippen molar-refractivity contribution in [3.63, 3.8) is 0 Å². The minimum Gasteiger partial charge on any atom is -0.489 e. The summed E-state index contributed by atoms with van der Waals surface area (Å²) in [4.78, 5) is 18.7. The van der Waals surface area contributed by atoms with E-state index >= 15 is 0 Å². The number of nitrogens with zero attached hydrogens (tertiary/aromatic N) is 4. The van der Waals surface area contributed by atoms with Gasteiger partial charge in [0.2, 0.25) is 0 Å². The van der Waals surface area contributed by atoms with Crippen LogP contribution in [0.2, 0.25) is 0 Å². The first kappa shape index (κ1) is 20.7. The summed E-state index contributed by atoms with van der Waals surface area (Å²) < 4.78 is 21.1. The summed E-state index contributed by atoms with van der Waals surface area (Å²) in [6.45, 7) is 2.03. The Labute approximate surface area is 189 Å². The third-order valence-corrected chi connectivity index (χ3v) is 6.43. The van der Waals surface area contributed by atoms with Gasteiger partial charge in [0.25, 0.3) is 0 Å². The molecule has 7 nitrogen and oxygen atoms in total. The van der Waals surface area contributed by atoms with Gasteiger partial charge in [0.15, 0.2) is 5.16 Å². The second-order valence-corrected chi connectivity index (χ2v) is 8.79. The zero-order valence-corrected chi connectivity index (χ0v) is 18.4. The van der Waals surface area contributed by atoms with Crippen molar-refractivity contribution in [2.45, 2.75) is 29.0 Å². The van der Waals surface area contributed by atoms with Crippen LogP contribution in [0.5, 0.6) is 5.75 Å². The summed E-state index contributed by atoms with van der Waals surface area (Å²) in [6, 6.07) is 10.8. The Hall–Kier alpha value is -3.17. The van der Waals surface area contributed by atoms with Crippen molar-refractivity contribution >= 4 is 34.2 Å². The number of fused-ring (bicyclic) bond motifs is 1. The molecule has 4 aromatic rings. The topological polar surface area (TPSA) is 79.0 Å². The van der Waals surface area contributed by atoms with E-state index in [4.69, 9.17) is 4.74 Å². The highest BCUT2D eigenvalue weighted by Gasteiger charge is 2.20. The fourth-order valence-electron chi connectivity index (χ4n) is 3.76. The second-order valence-electron chi connectivity index (χ2n) is 7.76. The first-order valence-electron chi connectivity index (χ1n) is 10.5. The standard InChI is InChI=1S/C23H23FN6OS/c1-30-11-7-16(8-12-30)31-19-4-2-3-18-21(19)22(28-14-27-18)29-15-5-6-20(17(24)13-15)32-23-25-9-10-26-23/h2-6,9-10,13-14,16H,7-8,11-12H2,1H3,(H,25,26)(H,27,28,29). The van der Waals surface area contributed by atoms with Crippen LogP contribution in [0.3, 0.4) is 0 Å². The van der Waals surface area contributed by atoms with Gasteiger partial charge in [0.1, 0.15) is 29.8 Å². The van der Waals surface area contributed by atoms with Gasteiger partial charge in [-0.25, -0.2) is 19.3 Å². The number of piperidine rings is 1. The molecule has 0 bridgehead atoms. The number of hydrogen-bond donors (Lipinski definition) is 2. The van der Waals surface area contributed by atoms with E-state index in [9.17, 15) is 4.39 Å². The van der Waals surface area contributed by atoms with Gasteiger partial charge < -0.3 is 19.9 Å². The minimum atomic E-state index is -0.336. The molecule has 164 valence electrons. The number of aromatic nitrogens is 4. The number of H-pyrrole nitrogens is 1. The summed E-state index contributed by atoms with van der Waals surface area (Å²) in [5.74, 6) is 0.993. The average molecular weight is 451 g/mol. The molecule has 32 heavy (non-hydrogen) atoms. The number of likely N-dealkylation sites (tertiary alicyclic amines) is 1. The van der Waals surface area contributed by atoms with E-state index in [-0.39, 0.29) is 11.9 Å². The van der Waals surface area contributed by atoms with E-state index in [0.29, 0.717) is 21.6 Å². The van der Waals surface area contributed by atoms with Crippen molar-refractivity contribution in [2.24, 2.45) is 0 Å². The largest absolute Gasteiger partial charge is 0.489 e. The smallest absolute Gasteiger partial charge is 0.170 e. The summed E-state index contributed by atoms with van der Waals surface area (Å²) in [5, 5.41) is 4.68. The normalized spacial score (nSPS) is 15.2. The van der Waals surface area contributed by atoms with Crippen LogP contribution in [-0.4, -0.2) is 51.1 Å². The lowest BCUT2D eigenvalue weighted by Gasteiger charge is -2.29. The number of ether oxygens (including phenoxy) is 1. The fourth-order valence-corrected chi connectivity index (χ4v) is 4.50. The molecule has 0 atom stereocenters. The van der Waals surface area contributed by atoms with Gasteiger partial charge >= 0.3 is 0 Å². The molecule has 0 aliphatic carbocycles. The van der Waals surface area contributed by atoms with Gasteiger partial charge in [-0.15, -0.1) is 0 Å². The lowest BCUT2D eigenvalue weighted by Crippen LogP contribution is -2.35. The van der Waals surface area contributed by atoms with Crippen LogP contribution in [-0.2, 0) is 0 Å². The maximum absolute atomic E-state index is 14.7. The van der Waals surface area contributed by atoms with Gasteiger partial charge in [-0.05, 0) is 62.0 Å². The maximum atomic E-state index is 14.7. The molecule has 2 aromatic heterocycles. The Kier molecular flexibility index (Phi) is 5.91. The van der Waals surface area contributed by atoms with E-state index in [1.807, 2.05) is 24.3 Å². The van der Waals surface area contributed by atoms with E-state index in [0.717, 1.165) is 42.6 Å². The highest BCUT2D eigenvalue weighted by Crippen LogP contribution is 2.34. The summed E-state index contributed by atoms with van der Waals surface area (Å²) in [6.07, 6.45) is 6.96. The Balaban J connectivity index is 1.41. The molecule has 1 saturated heterocycles. The van der Waals surface area contributed by atoms with Crippen molar-refractivity contribution in [3.05, 3.63) is 60.9 Å². The van der Waals surface area contributed by atoms with Crippen LogP contribution in [0.15, 0.2) is 65.2 Å². The zero-order valence-electron chi connectivity index (χ0n) is 17.6. The molecule has 0 unspecified atom stereocenters. The molecule has 2 aromatic carbocycles. The molecule has 0 amide bonds. The quantitative estimate of drug-likeness (QED) is 0.434. The number of benzene rings is 2. The fraction of sp³-hybridized carbons (Fsp3) is 0.261. The molecule has 0 spiro atoms. The summed E-state index contributed by atoms with van der Waals surface area (Å²) >= 11 is 1.24. The number of rotatable bonds is 6. The summed E-state index contributed by atoms with van der Waals surface area (Å²) in [7, 11) is 2.13. The Morgan fingerprint density at radius 3 is 2.81 bits per heavy atom. The van der Waals surface area contributed by atoms with Gasteiger partial charge in [-0.1, -0.05) is 6.07 Å². The maximum Gasteiger partial charge on any atom is 0.170 e. The number of nitrogens with one attached hydrogen (secondary N) is 2. The van der Waals surface area contributed by atoms with E-state index in [2.05, 4.69) is 37.2 Å². The molecular formula is C23H23FN6OS. The van der Waals surface area contributed by atoms with Gasteiger partial charge in [-0.3, -0.25) is 0 Å². The highest BCUT2D eigenvalue weighted by molar-refractivity contribution is 7.99. The van der Waals surface area contributed by atoms with Crippen molar-refractivity contribution in [2.75, 3.05) is 25.5 Å². The number of halogens is 1. The lowest BCUT2D eigenvalue weighted by atomic mass is 10.1. The van der Waals surface area contributed by atoms with E-state index in [1.165, 1.54) is 24.2 Å². The molecule has 0 radical (unpaired) electrons. The molecule has 1 fully saturated rings. The Morgan fingerprint density at radius 2 is 2.03 bits per heavy atom. The number of aromatic amines is 1. The molecule has 1 aliphatic heterocycles. The SMILES string of the molecule is CN1CCC(Oc2cccc3ncnc(Nc4ccc(Sc5ncc[nH]5)c(F)c4)c23)CC1. The number of hydrogen-bond acceptors (Lipinski definition) is 7. The van der Waals surface area contributed by atoms with Crippen LogP contribution < -0.4 is 10.1 Å². The second kappa shape index (κ2) is 9.13. The monoisotopic (exact) mass is 450 g/mol. The minimum absolute atomic E-state index is 0.153. The Bertz CT molecular complexity index is 1210. The highest BCUT2D eigenvalue weighted by atomic mass is 32.2. The van der Waals surface area contributed by atoms with Gasteiger partial charge in [0.05, 0.1) is 15.8 Å². The van der Waals surface area contributed by atoms with Crippen molar-refractivity contribution in [1.29, 1.82) is 0 Å². The first-order chi connectivity index (χ1) is 15.7. The number of imidazole rings is 1. The predicted molar refractivity (Wildman–Crippen MR) is 123 cm³/mol. The van der Waals surface area contributed by atoms with Crippen LogP contribution in [0.25, 0.3) is 10.9 Å². The predicted octanol–water partition coefficient (Wildman–Crippen LogP) is 4.86. The zero-order chi connectivity index (χ0) is 21.9. The van der Waals surface area contributed by atoms with Crippen LogP contribution in [0, 0.1) is 5.82 Å². The Morgan fingerprint density at radius 1 is 1.16 bits per heavy atom. The molecule has 5 rings (SSSR count). The molecule has 0 saturated carbocycles. The lowest BCUT2D eigenvalue weighted by molar-refractivity contribution is 0.116.